The summed E-state index contributed by atoms with van der Waals surface area (Å²) in [5, 5.41) is 3.12. The molecular weight excluding hydrogens is 294 g/mol. The van der Waals surface area contributed by atoms with Gasteiger partial charge in [0.05, 0.1) is 29.7 Å². The number of rotatable bonds is 4. The molecule has 0 radical (unpaired) electrons. The average Bonchev–Trinajstić information content (AvgIpc) is 2.69. The van der Waals surface area contributed by atoms with E-state index >= 15 is 0 Å². The van der Waals surface area contributed by atoms with Crippen molar-refractivity contribution in [3.8, 4) is 0 Å². The first kappa shape index (κ1) is 15.5. The topological polar surface area (TPSA) is 69.7 Å². The zero-order chi connectivity index (χ0) is 15.6. The van der Waals surface area contributed by atoms with Crippen molar-refractivity contribution in [1.29, 1.82) is 0 Å². The number of carbonyl (C=O) groups is 3. The fourth-order valence-corrected chi connectivity index (χ4v) is 2.35. The standard InChI is InChI=1S/C14H16ClN3O3/c1-17(11-7-13(20)18(2)14(11)21)8-12(19)16-10-6-4-3-5-9(10)15/h3-6,11H,7-8H2,1-2H3,(H,16,19)/t11-/m1/s1. The van der Waals surface area contributed by atoms with Crippen molar-refractivity contribution in [2.24, 2.45) is 0 Å². The molecule has 0 unspecified atom stereocenters. The number of benzene rings is 1. The average molecular weight is 310 g/mol. The molecular formula is C14H16ClN3O3. The number of para-hydroxylation sites is 1. The lowest BCUT2D eigenvalue weighted by atomic mass is 10.2. The molecule has 1 aromatic carbocycles. The molecule has 1 N–H and O–H groups in total. The SMILES string of the molecule is CN1C(=O)C[C@@H](N(C)CC(=O)Nc2ccccc2Cl)C1=O. The number of halogens is 1. The van der Waals surface area contributed by atoms with Crippen molar-refractivity contribution in [3.63, 3.8) is 0 Å². The molecule has 7 heteroatoms. The van der Waals surface area contributed by atoms with Crippen LogP contribution in [-0.4, -0.2) is 54.2 Å². The van der Waals surface area contributed by atoms with Crippen LogP contribution in [0.25, 0.3) is 0 Å². The zero-order valence-corrected chi connectivity index (χ0v) is 12.6. The van der Waals surface area contributed by atoms with Crippen LogP contribution in [0.5, 0.6) is 0 Å². The maximum absolute atomic E-state index is 12.0. The van der Waals surface area contributed by atoms with Crippen LogP contribution in [0.1, 0.15) is 6.42 Å². The molecule has 0 bridgehead atoms. The Kier molecular flexibility index (Phi) is 4.59. The van der Waals surface area contributed by atoms with Gasteiger partial charge in [-0.3, -0.25) is 24.2 Å². The Bertz CT molecular complexity index is 591. The summed E-state index contributed by atoms with van der Waals surface area (Å²) in [6, 6.07) is 6.31. The number of hydrogen-bond donors (Lipinski definition) is 1. The highest BCUT2D eigenvalue weighted by Gasteiger charge is 2.38. The Labute approximate surface area is 127 Å². The summed E-state index contributed by atoms with van der Waals surface area (Å²) in [6.07, 6.45) is 0.102. The van der Waals surface area contributed by atoms with E-state index in [0.29, 0.717) is 10.7 Å². The van der Waals surface area contributed by atoms with E-state index in [0.717, 1.165) is 4.90 Å². The largest absolute Gasteiger partial charge is 0.324 e. The molecule has 0 spiro atoms. The van der Waals surface area contributed by atoms with E-state index in [1.54, 1.807) is 36.2 Å². The maximum Gasteiger partial charge on any atom is 0.246 e. The molecule has 21 heavy (non-hydrogen) atoms. The summed E-state index contributed by atoms with van der Waals surface area (Å²) in [5.41, 5.74) is 0.517. The highest BCUT2D eigenvalue weighted by Crippen LogP contribution is 2.21. The number of hydrogen-bond acceptors (Lipinski definition) is 4. The molecule has 1 atom stereocenters. The van der Waals surface area contributed by atoms with E-state index in [4.69, 9.17) is 11.6 Å². The van der Waals surface area contributed by atoms with Crippen molar-refractivity contribution >= 4 is 35.0 Å². The number of anilines is 1. The van der Waals surface area contributed by atoms with Crippen LogP contribution in [0.15, 0.2) is 24.3 Å². The first-order chi connectivity index (χ1) is 9.90. The van der Waals surface area contributed by atoms with Gasteiger partial charge in [0.15, 0.2) is 0 Å². The molecule has 0 aliphatic carbocycles. The number of nitrogens with zero attached hydrogens (tertiary/aromatic N) is 2. The van der Waals surface area contributed by atoms with Gasteiger partial charge in [0, 0.05) is 7.05 Å². The third kappa shape index (κ3) is 3.40. The monoisotopic (exact) mass is 309 g/mol. The van der Waals surface area contributed by atoms with E-state index in [2.05, 4.69) is 5.32 Å². The fraction of sp³-hybridized carbons (Fsp3) is 0.357. The summed E-state index contributed by atoms with van der Waals surface area (Å²) in [4.78, 5) is 38.0. The summed E-state index contributed by atoms with van der Waals surface area (Å²) in [6.45, 7) is 0.00273. The van der Waals surface area contributed by atoms with Gasteiger partial charge < -0.3 is 5.32 Å². The minimum atomic E-state index is -0.584. The highest BCUT2D eigenvalue weighted by molar-refractivity contribution is 6.33. The third-order valence-corrected chi connectivity index (χ3v) is 3.76. The van der Waals surface area contributed by atoms with Crippen LogP contribution in [0, 0.1) is 0 Å². The Hall–Kier alpha value is -1.92. The fourth-order valence-electron chi connectivity index (χ4n) is 2.17. The van der Waals surface area contributed by atoms with Crippen LogP contribution >= 0.6 is 11.6 Å². The lowest BCUT2D eigenvalue weighted by Crippen LogP contribution is -2.42. The molecule has 0 aromatic heterocycles. The molecule has 1 aromatic rings. The lowest BCUT2D eigenvalue weighted by Gasteiger charge is -2.21. The van der Waals surface area contributed by atoms with Crippen molar-refractivity contribution in [1.82, 2.24) is 9.80 Å². The smallest absolute Gasteiger partial charge is 0.246 e. The normalized spacial score (nSPS) is 18.5. The third-order valence-electron chi connectivity index (χ3n) is 3.43. The molecule has 1 heterocycles. The Morgan fingerprint density at radius 1 is 1.43 bits per heavy atom. The number of nitrogens with one attached hydrogen (secondary N) is 1. The Morgan fingerprint density at radius 2 is 2.10 bits per heavy atom. The molecule has 1 fully saturated rings. The first-order valence-corrected chi connectivity index (χ1v) is 6.83. The predicted molar refractivity (Wildman–Crippen MR) is 78.9 cm³/mol. The quantitative estimate of drug-likeness (QED) is 0.841. The Balaban J connectivity index is 1.96. The van der Waals surface area contributed by atoms with Gasteiger partial charge in [0.25, 0.3) is 0 Å². The summed E-state index contributed by atoms with van der Waals surface area (Å²) < 4.78 is 0. The predicted octanol–water partition coefficient (Wildman–Crippen LogP) is 0.968. The second-order valence-electron chi connectivity index (χ2n) is 4.95. The second kappa shape index (κ2) is 6.24. The number of likely N-dealkylation sites (tertiary alicyclic amines) is 1. The minimum absolute atomic E-state index is 0.00273. The number of likely N-dealkylation sites (N-methyl/N-ethyl adjacent to an activating group) is 2. The molecule has 1 aliphatic heterocycles. The van der Waals surface area contributed by atoms with E-state index < -0.39 is 6.04 Å². The van der Waals surface area contributed by atoms with E-state index in [1.165, 1.54) is 7.05 Å². The van der Waals surface area contributed by atoms with Gasteiger partial charge in [-0.25, -0.2) is 0 Å². The van der Waals surface area contributed by atoms with Crippen molar-refractivity contribution in [3.05, 3.63) is 29.3 Å². The van der Waals surface area contributed by atoms with Crippen molar-refractivity contribution in [2.45, 2.75) is 12.5 Å². The second-order valence-corrected chi connectivity index (χ2v) is 5.36. The first-order valence-electron chi connectivity index (χ1n) is 6.45. The van der Waals surface area contributed by atoms with E-state index in [-0.39, 0.29) is 30.7 Å². The summed E-state index contributed by atoms with van der Waals surface area (Å²) >= 11 is 5.96. The van der Waals surface area contributed by atoms with Crippen LogP contribution in [0.3, 0.4) is 0 Å². The minimum Gasteiger partial charge on any atom is -0.324 e. The van der Waals surface area contributed by atoms with Gasteiger partial charge in [0.2, 0.25) is 17.7 Å². The number of amides is 3. The molecule has 3 amide bonds. The van der Waals surface area contributed by atoms with Gasteiger partial charge in [-0.05, 0) is 19.2 Å². The van der Waals surface area contributed by atoms with Gasteiger partial charge in [-0.2, -0.15) is 0 Å². The lowest BCUT2D eigenvalue weighted by molar-refractivity contribution is -0.137. The van der Waals surface area contributed by atoms with Crippen LogP contribution in [0.2, 0.25) is 5.02 Å². The molecule has 6 nitrogen and oxygen atoms in total. The molecule has 1 aliphatic rings. The highest BCUT2D eigenvalue weighted by atomic mass is 35.5. The van der Waals surface area contributed by atoms with E-state index in [9.17, 15) is 14.4 Å². The zero-order valence-electron chi connectivity index (χ0n) is 11.8. The Morgan fingerprint density at radius 3 is 2.67 bits per heavy atom. The molecule has 2 rings (SSSR count). The van der Waals surface area contributed by atoms with Gasteiger partial charge in [-0.15, -0.1) is 0 Å². The maximum atomic E-state index is 12.0. The van der Waals surface area contributed by atoms with Gasteiger partial charge in [0.1, 0.15) is 0 Å². The van der Waals surface area contributed by atoms with Crippen LogP contribution < -0.4 is 5.32 Å². The van der Waals surface area contributed by atoms with Crippen molar-refractivity contribution < 1.29 is 14.4 Å². The molecule has 112 valence electrons. The van der Waals surface area contributed by atoms with Gasteiger partial charge >= 0.3 is 0 Å². The van der Waals surface area contributed by atoms with Gasteiger partial charge in [-0.1, -0.05) is 23.7 Å². The summed E-state index contributed by atoms with van der Waals surface area (Å²) in [5.74, 6) is -0.809. The summed E-state index contributed by atoms with van der Waals surface area (Å²) in [7, 11) is 3.09. The number of imide groups is 1. The molecule has 1 saturated heterocycles. The van der Waals surface area contributed by atoms with Crippen molar-refractivity contribution in [2.75, 3.05) is 26.0 Å². The van der Waals surface area contributed by atoms with Crippen LogP contribution in [-0.2, 0) is 14.4 Å². The van der Waals surface area contributed by atoms with E-state index in [1.807, 2.05) is 0 Å². The molecule has 0 saturated carbocycles. The van der Waals surface area contributed by atoms with Crippen LogP contribution in [0.4, 0.5) is 5.69 Å². The number of carbonyl (C=O) groups excluding carboxylic acids is 3.